The van der Waals surface area contributed by atoms with E-state index in [-0.39, 0.29) is 0 Å². The lowest BCUT2D eigenvalue weighted by molar-refractivity contribution is 0.121. The Morgan fingerprint density at radius 3 is 2.55 bits per heavy atom. The van der Waals surface area contributed by atoms with Crippen LogP contribution in [0.25, 0.3) is 10.8 Å². The molecule has 0 aliphatic heterocycles. The smallest absolute Gasteiger partial charge is 0.148 e. The molecule has 2 nitrogen and oxygen atoms in total. The van der Waals surface area contributed by atoms with Gasteiger partial charge in [0.15, 0.2) is 0 Å². The standard InChI is InChI=1S/C18H20O2/c1-3-6-17(19)11-12-18(2,20)16-10-9-14-7-4-5-8-15(14)13-16/h4-5,7-10,13,17,19-20H,3,6H2,1-2H3. The van der Waals surface area contributed by atoms with Crippen molar-refractivity contribution in [2.45, 2.75) is 38.4 Å². The van der Waals surface area contributed by atoms with Gasteiger partial charge >= 0.3 is 0 Å². The average molecular weight is 268 g/mol. The van der Waals surface area contributed by atoms with Crippen LogP contribution < -0.4 is 0 Å². The number of aliphatic hydroxyl groups excluding tert-OH is 1. The molecule has 0 aliphatic rings. The van der Waals surface area contributed by atoms with Crippen molar-refractivity contribution in [1.29, 1.82) is 0 Å². The zero-order valence-corrected chi connectivity index (χ0v) is 11.9. The van der Waals surface area contributed by atoms with Crippen LogP contribution in [0.2, 0.25) is 0 Å². The lowest BCUT2D eigenvalue weighted by Crippen LogP contribution is -2.19. The summed E-state index contributed by atoms with van der Waals surface area (Å²) in [5, 5.41) is 22.3. The first kappa shape index (κ1) is 14.6. The monoisotopic (exact) mass is 268 g/mol. The van der Waals surface area contributed by atoms with E-state index in [0.29, 0.717) is 6.42 Å². The van der Waals surface area contributed by atoms with Crippen LogP contribution in [-0.2, 0) is 5.60 Å². The minimum Gasteiger partial charge on any atom is -0.380 e. The van der Waals surface area contributed by atoms with Gasteiger partial charge in [0.05, 0.1) is 0 Å². The van der Waals surface area contributed by atoms with E-state index in [1.165, 1.54) is 0 Å². The van der Waals surface area contributed by atoms with Gasteiger partial charge in [0, 0.05) is 0 Å². The lowest BCUT2D eigenvalue weighted by Gasteiger charge is -2.18. The summed E-state index contributed by atoms with van der Waals surface area (Å²) in [5.74, 6) is 5.51. The van der Waals surface area contributed by atoms with Crippen molar-refractivity contribution in [2.24, 2.45) is 0 Å². The Morgan fingerprint density at radius 2 is 1.85 bits per heavy atom. The predicted octanol–water partition coefficient (Wildman–Crippen LogP) is 3.21. The molecular formula is C18H20O2. The van der Waals surface area contributed by atoms with Crippen molar-refractivity contribution in [3.05, 3.63) is 48.0 Å². The second-order valence-electron chi connectivity index (χ2n) is 5.21. The highest BCUT2D eigenvalue weighted by Gasteiger charge is 2.20. The Labute approximate surface area is 120 Å². The molecule has 2 unspecified atom stereocenters. The molecule has 0 fully saturated rings. The molecular weight excluding hydrogens is 248 g/mol. The van der Waals surface area contributed by atoms with Gasteiger partial charge in [-0.05, 0) is 35.7 Å². The van der Waals surface area contributed by atoms with Crippen LogP contribution in [0, 0.1) is 11.8 Å². The van der Waals surface area contributed by atoms with Crippen LogP contribution in [0.1, 0.15) is 32.3 Å². The van der Waals surface area contributed by atoms with Gasteiger partial charge in [-0.1, -0.05) is 61.6 Å². The minimum absolute atomic E-state index is 0.626. The molecule has 0 radical (unpaired) electrons. The van der Waals surface area contributed by atoms with Crippen LogP contribution in [-0.4, -0.2) is 16.3 Å². The van der Waals surface area contributed by atoms with Crippen LogP contribution in [0.15, 0.2) is 42.5 Å². The van der Waals surface area contributed by atoms with Gasteiger partial charge in [-0.3, -0.25) is 0 Å². The van der Waals surface area contributed by atoms with Crippen molar-refractivity contribution in [3.8, 4) is 11.8 Å². The van der Waals surface area contributed by atoms with Gasteiger partial charge in [-0.25, -0.2) is 0 Å². The Hall–Kier alpha value is -1.82. The zero-order valence-electron chi connectivity index (χ0n) is 11.9. The van der Waals surface area contributed by atoms with Crippen molar-refractivity contribution in [3.63, 3.8) is 0 Å². The second-order valence-corrected chi connectivity index (χ2v) is 5.21. The molecule has 2 N–H and O–H groups in total. The summed E-state index contributed by atoms with van der Waals surface area (Å²) in [7, 11) is 0. The first-order chi connectivity index (χ1) is 9.53. The first-order valence-electron chi connectivity index (χ1n) is 6.95. The third-order valence-electron chi connectivity index (χ3n) is 3.36. The van der Waals surface area contributed by atoms with Crippen LogP contribution in [0.5, 0.6) is 0 Å². The molecule has 0 aromatic heterocycles. The third kappa shape index (κ3) is 3.39. The van der Waals surface area contributed by atoms with Crippen molar-refractivity contribution in [1.82, 2.24) is 0 Å². The van der Waals surface area contributed by atoms with E-state index in [4.69, 9.17) is 0 Å². The van der Waals surface area contributed by atoms with Gasteiger partial charge in [0.1, 0.15) is 11.7 Å². The number of hydrogen-bond donors (Lipinski definition) is 2. The second kappa shape index (κ2) is 6.09. The molecule has 2 aromatic rings. The van der Waals surface area contributed by atoms with E-state index in [9.17, 15) is 10.2 Å². The SMILES string of the molecule is CCCC(O)C#CC(C)(O)c1ccc2ccccc2c1. The zero-order chi connectivity index (χ0) is 14.6. The summed E-state index contributed by atoms with van der Waals surface area (Å²) >= 11 is 0. The maximum Gasteiger partial charge on any atom is 0.148 e. The molecule has 0 saturated heterocycles. The molecule has 0 heterocycles. The fourth-order valence-corrected chi connectivity index (χ4v) is 2.13. The molecule has 2 atom stereocenters. The predicted molar refractivity (Wildman–Crippen MR) is 82.2 cm³/mol. The molecule has 2 heteroatoms. The van der Waals surface area contributed by atoms with Crippen molar-refractivity contribution in [2.75, 3.05) is 0 Å². The average Bonchev–Trinajstić information content (AvgIpc) is 2.45. The quantitative estimate of drug-likeness (QED) is 0.839. The molecule has 0 amide bonds. The normalized spacial score (nSPS) is 15.2. The highest BCUT2D eigenvalue weighted by molar-refractivity contribution is 5.83. The highest BCUT2D eigenvalue weighted by atomic mass is 16.3. The van der Waals surface area contributed by atoms with Gasteiger partial charge < -0.3 is 10.2 Å². The summed E-state index contributed by atoms with van der Waals surface area (Å²) in [6, 6.07) is 13.8. The van der Waals surface area contributed by atoms with Crippen molar-refractivity contribution >= 4 is 10.8 Å². The number of fused-ring (bicyclic) bond motifs is 1. The van der Waals surface area contributed by atoms with E-state index in [1.54, 1.807) is 6.92 Å². The van der Waals surface area contributed by atoms with Crippen molar-refractivity contribution < 1.29 is 10.2 Å². The van der Waals surface area contributed by atoms with Gasteiger partial charge in [-0.2, -0.15) is 0 Å². The first-order valence-corrected chi connectivity index (χ1v) is 6.95. The molecule has 104 valence electrons. The molecule has 2 rings (SSSR count). The minimum atomic E-state index is -1.25. The Balaban J connectivity index is 2.31. The fraction of sp³-hybridized carbons (Fsp3) is 0.333. The summed E-state index contributed by atoms with van der Waals surface area (Å²) in [6.45, 7) is 3.65. The number of rotatable bonds is 3. The van der Waals surface area contributed by atoms with E-state index in [1.807, 2.05) is 49.4 Å². The number of aliphatic hydroxyl groups is 2. The Morgan fingerprint density at radius 1 is 1.15 bits per heavy atom. The van der Waals surface area contributed by atoms with Crippen LogP contribution in [0.4, 0.5) is 0 Å². The number of hydrogen-bond acceptors (Lipinski definition) is 2. The summed E-state index contributed by atoms with van der Waals surface area (Å²) in [5.41, 5.74) is -0.508. The Kier molecular flexibility index (Phi) is 4.44. The van der Waals surface area contributed by atoms with E-state index < -0.39 is 11.7 Å². The Bertz CT molecular complexity index is 647. The molecule has 20 heavy (non-hydrogen) atoms. The molecule has 0 bridgehead atoms. The van der Waals surface area contributed by atoms with Gasteiger partial charge in [0.2, 0.25) is 0 Å². The lowest BCUT2D eigenvalue weighted by atomic mass is 9.94. The summed E-state index contributed by atoms with van der Waals surface area (Å²) in [4.78, 5) is 0. The number of benzene rings is 2. The van der Waals surface area contributed by atoms with Crippen LogP contribution in [0.3, 0.4) is 0 Å². The molecule has 0 spiro atoms. The molecule has 0 saturated carbocycles. The third-order valence-corrected chi connectivity index (χ3v) is 3.36. The molecule has 0 aliphatic carbocycles. The highest BCUT2D eigenvalue weighted by Crippen LogP contribution is 2.24. The van der Waals surface area contributed by atoms with E-state index in [2.05, 4.69) is 11.8 Å². The summed E-state index contributed by atoms with van der Waals surface area (Å²) in [6.07, 6.45) is 0.821. The van der Waals surface area contributed by atoms with Gasteiger partial charge in [-0.15, -0.1) is 0 Å². The van der Waals surface area contributed by atoms with Crippen LogP contribution >= 0.6 is 0 Å². The van der Waals surface area contributed by atoms with E-state index >= 15 is 0 Å². The maximum atomic E-state index is 10.5. The van der Waals surface area contributed by atoms with E-state index in [0.717, 1.165) is 22.8 Å². The fourth-order valence-electron chi connectivity index (χ4n) is 2.13. The topological polar surface area (TPSA) is 40.5 Å². The molecule has 2 aromatic carbocycles. The largest absolute Gasteiger partial charge is 0.380 e. The van der Waals surface area contributed by atoms with Gasteiger partial charge in [0.25, 0.3) is 0 Å². The summed E-state index contributed by atoms with van der Waals surface area (Å²) < 4.78 is 0. The maximum absolute atomic E-state index is 10.5.